The van der Waals surface area contributed by atoms with Crippen LogP contribution in [0.1, 0.15) is 11.1 Å². The van der Waals surface area contributed by atoms with Gasteiger partial charge in [-0.05, 0) is 83.9 Å². The highest BCUT2D eigenvalue weighted by Crippen LogP contribution is 2.30. The van der Waals surface area contributed by atoms with Crippen LogP contribution < -0.4 is 29.6 Å². The fourth-order valence-electron chi connectivity index (χ4n) is 5.37. The summed E-state index contributed by atoms with van der Waals surface area (Å²) in [5.41, 5.74) is 3.64. The number of benzene rings is 6. The molecular weight excluding hydrogens is 701 g/mol. The van der Waals surface area contributed by atoms with Crippen LogP contribution in [-0.2, 0) is 0 Å². The molecule has 0 amide bonds. The summed E-state index contributed by atoms with van der Waals surface area (Å²) >= 11 is 0. The molecule has 272 valence electrons. The molecule has 10 heteroatoms. The Morgan fingerprint density at radius 3 is 0.857 bits per heavy atom. The van der Waals surface area contributed by atoms with Crippen LogP contribution >= 0.6 is 0 Å². The molecule has 56 heavy (non-hydrogen) atoms. The fourth-order valence-corrected chi connectivity index (χ4v) is 5.37. The average Bonchev–Trinajstić information content (AvgIpc) is 3.22. The van der Waals surface area contributed by atoms with Gasteiger partial charge in [0.25, 0.3) is 0 Å². The van der Waals surface area contributed by atoms with E-state index in [0.717, 1.165) is 22.5 Å². The normalized spacial score (nSPS) is 10.8. The van der Waals surface area contributed by atoms with Crippen molar-refractivity contribution >= 4 is 35.4 Å². The number of hydrogen-bond donors (Lipinski definition) is 2. The third-order valence-corrected chi connectivity index (χ3v) is 8.02. The highest BCUT2D eigenvalue weighted by molar-refractivity contribution is 5.72. The van der Waals surface area contributed by atoms with Gasteiger partial charge >= 0.3 is 0 Å². The van der Waals surface area contributed by atoms with Crippen molar-refractivity contribution in [1.82, 2.24) is 19.9 Å². The molecular formula is C46H34N6O4. The zero-order chi connectivity index (χ0) is 37.8. The van der Waals surface area contributed by atoms with E-state index in [0.29, 0.717) is 58.4 Å². The molecule has 6 aromatic carbocycles. The first-order valence-corrected chi connectivity index (χ1v) is 17.8. The zero-order valence-electron chi connectivity index (χ0n) is 29.9. The molecule has 0 aliphatic heterocycles. The molecule has 0 bridgehead atoms. The molecule has 10 nitrogen and oxygen atoms in total. The van der Waals surface area contributed by atoms with Crippen molar-refractivity contribution in [2.24, 2.45) is 0 Å². The monoisotopic (exact) mass is 734 g/mol. The lowest BCUT2D eigenvalue weighted by Crippen LogP contribution is -2.01. The van der Waals surface area contributed by atoms with Crippen LogP contribution in [0.15, 0.2) is 182 Å². The standard InChI is InChI=1S/C46H34N6O4/c1-5-13-37(14-6-1)53-41-31-42(54-38-15-7-2-8-16-38)50-45(49-41)47-35-27-23-33(24-28-35)21-22-34-25-29-36(30-26-34)48-46-51-43(55-39-17-9-3-10-18-39)32-44(52-46)56-40-19-11-4-12-20-40/h1-32H,(H,47,49,50)(H,48,51,52). The van der Waals surface area contributed by atoms with Gasteiger partial charge in [-0.2, -0.15) is 19.9 Å². The number of hydrogen-bond acceptors (Lipinski definition) is 10. The maximum absolute atomic E-state index is 6.01. The lowest BCUT2D eigenvalue weighted by Gasteiger charge is -2.11. The maximum Gasteiger partial charge on any atom is 0.233 e. The summed E-state index contributed by atoms with van der Waals surface area (Å²) in [6, 6.07) is 57.0. The minimum atomic E-state index is 0.335. The van der Waals surface area contributed by atoms with Gasteiger partial charge in [-0.3, -0.25) is 0 Å². The first-order chi connectivity index (χ1) is 27.6. The van der Waals surface area contributed by atoms with Crippen molar-refractivity contribution in [3.63, 3.8) is 0 Å². The number of nitrogens with zero attached hydrogens (tertiary/aromatic N) is 4. The van der Waals surface area contributed by atoms with Crippen molar-refractivity contribution < 1.29 is 18.9 Å². The molecule has 0 atom stereocenters. The highest BCUT2D eigenvalue weighted by atomic mass is 16.5. The van der Waals surface area contributed by atoms with Crippen LogP contribution in [0.4, 0.5) is 23.3 Å². The topological polar surface area (TPSA) is 113 Å². The van der Waals surface area contributed by atoms with Crippen molar-refractivity contribution in [2.45, 2.75) is 0 Å². The maximum atomic E-state index is 6.01. The molecule has 2 heterocycles. The first-order valence-electron chi connectivity index (χ1n) is 17.8. The lowest BCUT2D eigenvalue weighted by atomic mass is 10.1. The number of ether oxygens (including phenoxy) is 4. The molecule has 0 spiro atoms. The molecule has 8 rings (SSSR count). The van der Waals surface area contributed by atoms with Gasteiger partial charge in [0.1, 0.15) is 23.0 Å². The summed E-state index contributed by atoms with van der Waals surface area (Å²) in [7, 11) is 0. The average molecular weight is 735 g/mol. The van der Waals surface area contributed by atoms with Crippen LogP contribution in [0.2, 0.25) is 0 Å². The highest BCUT2D eigenvalue weighted by Gasteiger charge is 2.12. The summed E-state index contributed by atoms with van der Waals surface area (Å²) in [6.07, 6.45) is 4.09. The van der Waals surface area contributed by atoms with Gasteiger partial charge in [-0.1, -0.05) is 109 Å². The van der Waals surface area contributed by atoms with Crippen LogP contribution in [0, 0.1) is 0 Å². The van der Waals surface area contributed by atoms with Gasteiger partial charge in [0.05, 0.1) is 12.1 Å². The Labute approximate surface area is 323 Å². The third kappa shape index (κ3) is 9.91. The number of nitrogens with one attached hydrogen (secondary N) is 2. The van der Waals surface area contributed by atoms with Gasteiger partial charge in [-0.15, -0.1) is 0 Å². The Bertz CT molecular complexity index is 2210. The number of anilines is 4. The van der Waals surface area contributed by atoms with Crippen molar-refractivity contribution in [3.05, 3.63) is 193 Å². The van der Waals surface area contributed by atoms with Gasteiger partial charge < -0.3 is 29.6 Å². The van der Waals surface area contributed by atoms with Gasteiger partial charge in [0.15, 0.2) is 0 Å². The van der Waals surface area contributed by atoms with Crippen molar-refractivity contribution in [2.75, 3.05) is 10.6 Å². The Kier molecular flexibility index (Phi) is 10.8. The fraction of sp³-hybridized carbons (Fsp3) is 0. The minimum Gasteiger partial charge on any atom is -0.439 e. The van der Waals surface area contributed by atoms with E-state index in [-0.39, 0.29) is 0 Å². The third-order valence-electron chi connectivity index (χ3n) is 8.02. The molecule has 0 fully saturated rings. The van der Waals surface area contributed by atoms with E-state index in [1.807, 2.05) is 182 Å². The van der Waals surface area contributed by atoms with Crippen LogP contribution in [-0.4, -0.2) is 19.9 Å². The molecule has 8 aromatic rings. The summed E-state index contributed by atoms with van der Waals surface area (Å²) < 4.78 is 24.1. The van der Waals surface area contributed by atoms with Crippen LogP contribution in [0.25, 0.3) is 12.2 Å². The Morgan fingerprint density at radius 2 is 0.589 bits per heavy atom. The van der Waals surface area contributed by atoms with Gasteiger partial charge in [0.2, 0.25) is 35.4 Å². The number of para-hydroxylation sites is 4. The van der Waals surface area contributed by atoms with E-state index in [9.17, 15) is 0 Å². The van der Waals surface area contributed by atoms with E-state index in [2.05, 4.69) is 30.6 Å². The van der Waals surface area contributed by atoms with Crippen LogP contribution in [0.3, 0.4) is 0 Å². The Hall–Kier alpha value is -7.98. The van der Waals surface area contributed by atoms with E-state index < -0.39 is 0 Å². The van der Waals surface area contributed by atoms with Gasteiger partial charge in [0, 0.05) is 11.4 Å². The first kappa shape index (κ1) is 35.1. The van der Waals surface area contributed by atoms with E-state index in [1.165, 1.54) is 0 Å². The summed E-state index contributed by atoms with van der Waals surface area (Å²) in [5.74, 6) is 4.68. The summed E-state index contributed by atoms with van der Waals surface area (Å²) in [4.78, 5) is 18.3. The molecule has 2 aromatic heterocycles. The molecule has 0 aliphatic rings. The van der Waals surface area contributed by atoms with E-state index in [4.69, 9.17) is 18.9 Å². The summed E-state index contributed by atoms with van der Waals surface area (Å²) in [5, 5.41) is 6.55. The lowest BCUT2D eigenvalue weighted by molar-refractivity contribution is 0.434. The number of rotatable bonds is 14. The quantitative estimate of drug-likeness (QED) is 0.105. The SMILES string of the molecule is C(=Cc1ccc(Nc2nc(Oc3ccccc3)cc(Oc3ccccc3)n2)cc1)c1ccc(Nc2nc(Oc3ccccc3)cc(Oc3ccccc3)n2)cc1. The van der Waals surface area contributed by atoms with Crippen LogP contribution in [0.5, 0.6) is 46.5 Å². The molecule has 2 N–H and O–H groups in total. The molecule has 0 aliphatic carbocycles. The molecule has 0 saturated heterocycles. The van der Waals surface area contributed by atoms with E-state index >= 15 is 0 Å². The minimum absolute atomic E-state index is 0.335. The smallest absolute Gasteiger partial charge is 0.233 e. The molecule has 0 saturated carbocycles. The largest absolute Gasteiger partial charge is 0.439 e. The predicted molar refractivity (Wildman–Crippen MR) is 219 cm³/mol. The van der Waals surface area contributed by atoms with Gasteiger partial charge in [-0.25, -0.2) is 0 Å². The zero-order valence-corrected chi connectivity index (χ0v) is 29.9. The second-order valence-electron chi connectivity index (χ2n) is 12.2. The second kappa shape index (κ2) is 17.2. The Balaban J connectivity index is 0.929. The van der Waals surface area contributed by atoms with Crippen molar-refractivity contribution in [1.29, 1.82) is 0 Å². The predicted octanol–water partition coefficient (Wildman–Crippen LogP) is 12.1. The van der Waals surface area contributed by atoms with Crippen molar-refractivity contribution in [3.8, 4) is 46.5 Å². The Morgan fingerprint density at radius 1 is 0.321 bits per heavy atom. The number of aromatic nitrogens is 4. The van der Waals surface area contributed by atoms with E-state index in [1.54, 1.807) is 12.1 Å². The summed E-state index contributed by atoms with van der Waals surface area (Å²) in [6.45, 7) is 0. The molecule has 0 unspecified atom stereocenters. The second-order valence-corrected chi connectivity index (χ2v) is 12.2. The molecule has 0 radical (unpaired) electrons.